The van der Waals surface area contributed by atoms with Gasteiger partial charge >= 0.3 is 0 Å². The van der Waals surface area contributed by atoms with Crippen molar-refractivity contribution < 1.29 is 4.52 Å². The summed E-state index contributed by atoms with van der Waals surface area (Å²) in [5.41, 5.74) is 2.13. The maximum Gasteiger partial charge on any atom is 0.246 e. The summed E-state index contributed by atoms with van der Waals surface area (Å²) in [4.78, 5) is 8.58. The van der Waals surface area contributed by atoms with Crippen LogP contribution in [0.2, 0.25) is 5.02 Å². The third-order valence-electron chi connectivity index (χ3n) is 3.75. The summed E-state index contributed by atoms with van der Waals surface area (Å²) in [5, 5.41) is 11.1. The first-order valence-electron chi connectivity index (χ1n) is 8.31. The average molecular weight is 370 g/mol. The summed E-state index contributed by atoms with van der Waals surface area (Å²) >= 11 is 5.89. The highest BCUT2D eigenvalue weighted by Gasteiger charge is 2.09. The van der Waals surface area contributed by atoms with Crippen molar-refractivity contribution >= 4 is 17.6 Å². The van der Waals surface area contributed by atoms with Gasteiger partial charge in [-0.2, -0.15) is 4.98 Å². The summed E-state index contributed by atoms with van der Waals surface area (Å²) in [6.45, 7) is 1.18. The normalized spacial score (nSPS) is 11.4. The molecule has 0 atom stereocenters. The van der Waals surface area contributed by atoms with Crippen LogP contribution in [0.5, 0.6) is 0 Å². The summed E-state index contributed by atoms with van der Waals surface area (Å²) in [7, 11) is 1.73. The van der Waals surface area contributed by atoms with Crippen molar-refractivity contribution in [1.82, 2.24) is 20.8 Å². The van der Waals surface area contributed by atoms with Crippen LogP contribution >= 0.6 is 11.6 Å². The first-order valence-corrected chi connectivity index (χ1v) is 8.69. The van der Waals surface area contributed by atoms with Crippen LogP contribution < -0.4 is 10.6 Å². The van der Waals surface area contributed by atoms with Crippen LogP contribution in [0.1, 0.15) is 11.5 Å². The van der Waals surface area contributed by atoms with Gasteiger partial charge in [0, 0.05) is 24.2 Å². The maximum atomic E-state index is 5.89. The van der Waals surface area contributed by atoms with Crippen LogP contribution in [-0.2, 0) is 13.0 Å². The van der Waals surface area contributed by atoms with E-state index in [0.717, 1.165) is 18.5 Å². The molecule has 0 aliphatic heterocycles. The van der Waals surface area contributed by atoms with E-state index in [0.29, 0.717) is 29.2 Å². The first kappa shape index (κ1) is 17.9. The topological polar surface area (TPSA) is 75.3 Å². The minimum absolute atomic E-state index is 0.394. The highest BCUT2D eigenvalue weighted by Crippen LogP contribution is 2.18. The Bertz CT molecular complexity index is 846. The number of rotatable bonds is 6. The second kappa shape index (κ2) is 9.01. The van der Waals surface area contributed by atoms with Crippen molar-refractivity contribution in [3.05, 3.63) is 71.1 Å². The smallest absolute Gasteiger partial charge is 0.246 e. The Morgan fingerprint density at radius 3 is 2.58 bits per heavy atom. The Balaban J connectivity index is 1.49. The van der Waals surface area contributed by atoms with Gasteiger partial charge in [-0.05, 0) is 36.2 Å². The fraction of sp³-hybridized carbons (Fsp3) is 0.211. The summed E-state index contributed by atoms with van der Waals surface area (Å²) < 4.78 is 5.28. The molecule has 0 aliphatic carbocycles. The van der Waals surface area contributed by atoms with E-state index in [9.17, 15) is 0 Å². The van der Waals surface area contributed by atoms with Crippen molar-refractivity contribution in [3.63, 3.8) is 0 Å². The van der Waals surface area contributed by atoms with Gasteiger partial charge in [-0.15, -0.1) is 0 Å². The van der Waals surface area contributed by atoms with Crippen molar-refractivity contribution in [2.24, 2.45) is 4.99 Å². The molecule has 6 nitrogen and oxygen atoms in total. The lowest BCUT2D eigenvalue weighted by molar-refractivity contribution is 0.375. The number of halogens is 1. The van der Waals surface area contributed by atoms with Crippen LogP contribution in [-0.4, -0.2) is 29.7 Å². The molecule has 1 aromatic heterocycles. The Morgan fingerprint density at radius 1 is 1.08 bits per heavy atom. The van der Waals surface area contributed by atoms with E-state index in [-0.39, 0.29) is 0 Å². The minimum Gasteiger partial charge on any atom is -0.356 e. The quantitative estimate of drug-likeness (QED) is 0.515. The molecule has 0 unspecified atom stereocenters. The molecule has 0 spiro atoms. The SMILES string of the molecule is CN=C(NCCc1ccccc1)NCc1nc(-c2ccc(Cl)cc2)no1. The Morgan fingerprint density at radius 2 is 1.85 bits per heavy atom. The molecule has 3 rings (SSSR count). The fourth-order valence-corrected chi connectivity index (χ4v) is 2.52. The molecule has 0 radical (unpaired) electrons. The van der Waals surface area contributed by atoms with Crippen molar-refractivity contribution in [3.8, 4) is 11.4 Å². The van der Waals surface area contributed by atoms with Crippen molar-refractivity contribution in [1.29, 1.82) is 0 Å². The van der Waals surface area contributed by atoms with E-state index in [4.69, 9.17) is 16.1 Å². The molecule has 134 valence electrons. The van der Waals surface area contributed by atoms with Crippen molar-refractivity contribution in [2.45, 2.75) is 13.0 Å². The molecular weight excluding hydrogens is 350 g/mol. The number of benzene rings is 2. The van der Waals surface area contributed by atoms with Gasteiger partial charge in [-0.25, -0.2) is 0 Å². The molecule has 7 heteroatoms. The molecule has 0 fully saturated rings. The van der Waals surface area contributed by atoms with Crippen LogP contribution in [0.3, 0.4) is 0 Å². The van der Waals surface area contributed by atoms with Crippen LogP contribution in [0, 0.1) is 0 Å². The highest BCUT2D eigenvalue weighted by molar-refractivity contribution is 6.30. The fourth-order valence-electron chi connectivity index (χ4n) is 2.39. The Hall–Kier alpha value is -2.86. The van der Waals surface area contributed by atoms with Crippen LogP contribution in [0.25, 0.3) is 11.4 Å². The van der Waals surface area contributed by atoms with Gasteiger partial charge in [0.05, 0.1) is 6.54 Å². The number of nitrogens with one attached hydrogen (secondary N) is 2. The van der Waals surface area contributed by atoms with E-state index in [2.05, 4.69) is 37.9 Å². The first-order chi connectivity index (χ1) is 12.7. The third-order valence-corrected chi connectivity index (χ3v) is 4.00. The number of guanidine groups is 1. The van der Waals surface area contributed by atoms with Crippen molar-refractivity contribution in [2.75, 3.05) is 13.6 Å². The standard InChI is InChI=1S/C19H20ClN5O/c1-21-19(22-12-11-14-5-3-2-4-6-14)23-13-17-24-18(25-26-17)15-7-9-16(20)10-8-15/h2-10H,11-13H2,1H3,(H2,21,22,23). The van der Waals surface area contributed by atoms with Gasteiger partial charge in [0.25, 0.3) is 0 Å². The third kappa shape index (κ3) is 5.07. The van der Waals surface area contributed by atoms with E-state index in [1.165, 1.54) is 5.56 Å². The van der Waals surface area contributed by atoms with E-state index in [1.807, 2.05) is 30.3 Å². The number of aliphatic imine (C=N–C) groups is 1. The second-order valence-corrected chi connectivity index (χ2v) is 6.04. The van der Waals surface area contributed by atoms with Crippen LogP contribution in [0.4, 0.5) is 0 Å². The predicted molar refractivity (Wildman–Crippen MR) is 103 cm³/mol. The predicted octanol–water partition coefficient (Wildman–Crippen LogP) is 3.30. The Labute approximate surface area is 157 Å². The molecule has 0 bridgehead atoms. The maximum absolute atomic E-state index is 5.89. The molecule has 0 aliphatic rings. The van der Waals surface area contributed by atoms with Crippen LogP contribution in [0.15, 0.2) is 64.1 Å². The zero-order valence-corrected chi connectivity index (χ0v) is 15.2. The molecule has 2 aromatic carbocycles. The van der Waals surface area contributed by atoms with Gasteiger partial charge in [-0.1, -0.05) is 47.1 Å². The molecule has 1 heterocycles. The van der Waals surface area contributed by atoms with Gasteiger partial charge in [0.2, 0.25) is 11.7 Å². The molecule has 0 saturated carbocycles. The van der Waals surface area contributed by atoms with Gasteiger partial charge in [0.1, 0.15) is 0 Å². The van der Waals surface area contributed by atoms with E-state index in [1.54, 1.807) is 19.2 Å². The largest absolute Gasteiger partial charge is 0.356 e. The molecular formula is C19H20ClN5O. The molecule has 0 saturated heterocycles. The number of hydrogen-bond donors (Lipinski definition) is 2. The zero-order chi connectivity index (χ0) is 18.2. The van der Waals surface area contributed by atoms with E-state index < -0.39 is 0 Å². The lowest BCUT2D eigenvalue weighted by Gasteiger charge is -2.10. The van der Waals surface area contributed by atoms with Gasteiger partial charge < -0.3 is 15.2 Å². The van der Waals surface area contributed by atoms with Gasteiger partial charge in [0.15, 0.2) is 5.96 Å². The van der Waals surface area contributed by atoms with E-state index >= 15 is 0 Å². The van der Waals surface area contributed by atoms with Gasteiger partial charge in [-0.3, -0.25) is 4.99 Å². The molecule has 3 aromatic rings. The molecule has 2 N–H and O–H groups in total. The molecule has 0 amide bonds. The lowest BCUT2D eigenvalue weighted by atomic mass is 10.1. The number of aromatic nitrogens is 2. The Kier molecular flexibility index (Phi) is 6.22. The minimum atomic E-state index is 0.394. The summed E-state index contributed by atoms with van der Waals surface area (Å²) in [6.07, 6.45) is 0.919. The lowest BCUT2D eigenvalue weighted by Crippen LogP contribution is -2.37. The monoisotopic (exact) mass is 369 g/mol. The highest BCUT2D eigenvalue weighted by atomic mass is 35.5. The summed E-state index contributed by atoms with van der Waals surface area (Å²) in [6, 6.07) is 17.6. The molecule has 26 heavy (non-hydrogen) atoms. The number of nitrogens with zero attached hydrogens (tertiary/aromatic N) is 3. The average Bonchev–Trinajstić information content (AvgIpc) is 3.15. The number of hydrogen-bond acceptors (Lipinski definition) is 4. The summed E-state index contributed by atoms with van der Waals surface area (Å²) in [5.74, 6) is 1.71. The zero-order valence-electron chi connectivity index (χ0n) is 14.4. The second-order valence-electron chi connectivity index (χ2n) is 5.61.